The van der Waals surface area contributed by atoms with E-state index in [4.69, 9.17) is 11.6 Å². The van der Waals surface area contributed by atoms with Crippen LogP contribution in [0.5, 0.6) is 0 Å². The van der Waals surface area contributed by atoms with E-state index in [1.807, 2.05) is 36.9 Å². The van der Waals surface area contributed by atoms with Crippen LogP contribution in [-0.2, 0) is 13.6 Å². The van der Waals surface area contributed by atoms with Crippen LogP contribution in [0.4, 0.5) is 0 Å². The second kappa shape index (κ2) is 6.07. The van der Waals surface area contributed by atoms with Crippen molar-refractivity contribution in [3.63, 3.8) is 0 Å². The van der Waals surface area contributed by atoms with E-state index in [2.05, 4.69) is 39.3 Å². The summed E-state index contributed by atoms with van der Waals surface area (Å²) in [6.07, 6.45) is 0. The third kappa shape index (κ3) is 3.38. The van der Waals surface area contributed by atoms with E-state index < -0.39 is 0 Å². The van der Waals surface area contributed by atoms with Crippen LogP contribution < -0.4 is 5.32 Å². The van der Waals surface area contributed by atoms with Gasteiger partial charge in [-0.15, -0.1) is 0 Å². The summed E-state index contributed by atoms with van der Waals surface area (Å²) in [4.78, 5) is 0. The average molecular weight is 343 g/mol. The van der Waals surface area contributed by atoms with Crippen molar-refractivity contribution in [2.75, 3.05) is 0 Å². The molecule has 0 spiro atoms. The molecule has 0 saturated heterocycles. The molecule has 0 radical (unpaired) electrons. The van der Waals surface area contributed by atoms with Gasteiger partial charge in [0.1, 0.15) is 0 Å². The lowest BCUT2D eigenvalue weighted by Crippen LogP contribution is -2.20. The molecule has 1 N–H and O–H groups in total. The van der Waals surface area contributed by atoms with Crippen LogP contribution in [0.1, 0.15) is 29.9 Å². The molecular weight excluding hydrogens is 326 g/mol. The summed E-state index contributed by atoms with van der Waals surface area (Å²) in [5, 5.41) is 8.64. The van der Waals surface area contributed by atoms with Gasteiger partial charge in [0.05, 0.1) is 15.9 Å². The molecular formula is C14H17BrClN3. The van der Waals surface area contributed by atoms with Gasteiger partial charge in [0.25, 0.3) is 0 Å². The molecule has 5 heteroatoms. The van der Waals surface area contributed by atoms with E-state index in [0.29, 0.717) is 0 Å². The van der Waals surface area contributed by atoms with Gasteiger partial charge in [0.2, 0.25) is 0 Å². The maximum absolute atomic E-state index is 6.01. The Kier molecular flexibility index (Phi) is 4.66. The minimum atomic E-state index is 0.237. The summed E-state index contributed by atoms with van der Waals surface area (Å²) < 4.78 is 2.97. The molecule has 0 saturated carbocycles. The Morgan fingerprint density at radius 2 is 2.21 bits per heavy atom. The third-order valence-electron chi connectivity index (χ3n) is 3.19. The molecule has 0 aliphatic heterocycles. The summed E-state index contributed by atoms with van der Waals surface area (Å²) >= 11 is 9.59. The summed E-state index contributed by atoms with van der Waals surface area (Å²) in [5.41, 5.74) is 3.34. The summed E-state index contributed by atoms with van der Waals surface area (Å²) in [7, 11) is 1.96. The molecule has 1 aromatic carbocycles. The van der Waals surface area contributed by atoms with Crippen molar-refractivity contribution in [3.8, 4) is 0 Å². The lowest BCUT2D eigenvalue weighted by atomic mass is 10.1. The molecule has 0 amide bonds. The summed E-state index contributed by atoms with van der Waals surface area (Å²) in [5.74, 6) is 0. The minimum absolute atomic E-state index is 0.237. The van der Waals surface area contributed by atoms with Gasteiger partial charge in [-0.3, -0.25) is 4.68 Å². The van der Waals surface area contributed by atoms with Crippen LogP contribution in [0.2, 0.25) is 5.02 Å². The first-order valence-electron chi connectivity index (χ1n) is 6.16. The maximum Gasteiger partial charge on any atom is 0.0739 e. The molecule has 2 rings (SSSR count). The van der Waals surface area contributed by atoms with Gasteiger partial charge in [-0.25, -0.2) is 0 Å². The van der Waals surface area contributed by atoms with Gasteiger partial charge in [-0.05, 0) is 47.5 Å². The van der Waals surface area contributed by atoms with Gasteiger partial charge < -0.3 is 5.32 Å². The van der Waals surface area contributed by atoms with Crippen molar-refractivity contribution in [3.05, 3.63) is 50.7 Å². The number of aromatic nitrogens is 2. The number of hydrogen-bond acceptors (Lipinski definition) is 2. The smallest absolute Gasteiger partial charge is 0.0739 e. The first-order chi connectivity index (χ1) is 8.99. The molecule has 0 aliphatic carbocycles. The number of hydrogen-bond donors (Lipinski definition) is 1. The van der Waals surface area contributed by atoms with Crippen LogP contribution in [0.25, 0.3) is 0 Å². The van der Waals surface area contributed by atoms with Gasteiger partial charge in [-0.2, -0.15) is 5.10 Å². The fourth-order valence-corrected chi connectivity index (χ4v) is 2.69. The number of halogens is 2. The highest BCUT2D eigenvalue weighted by Crippen LogP contribution is 2.22. The van der Waals surface area contributed by atoms with Crippen molar-refractivity contribution in [1.29, 1.82) is 0 Å². The molecule has 2 aromatic rings. The maximum atomic E-state index is 6.01. The molecule has 1 heterocycles. The zero-order valence-corrected chi connectivity index (χ0v) is 13.6. The monoisotopic (exact) mass is 341 g/mol. The predicted octanol–water partition coefficient (Wildman–Crippen LogP) is 4.00. The lowest BCUT2D eigenvalue weighted by molar-refractivity contribution is 0.547. The molecule has 0 fully saturated rings. The quantitative estimate of drug-likeness (QED) is 0.910. The third-order valence-corrected chi connectivity index (χ3v) is 4.45. The summed E-state index contributed by atoms with van der Waals surface area (Å²) in [6.45, 7) is 4.88. The van der Waals surface area contributed by atoms with E-state index in [9.17, 15) is 0 Å². The van der Waals surface area contributed by atoms with Crippen LogP contribution in [0.15, 0.2) is 28.7 Å². The molecule has 0 unspecified atom stereocenters. The Morgan fingerprint density at radius 3 is 2.79 bits per heavy atom. The van der Waals surface area contributed by atoms with Crippen LogP contribution in [0, 0.1) is 6.92 Å². The number of nitrogens with zero attached hydrogens (tertiary/aromatic N) is 2. The Bertz CT molecular complexity index is 580. The summed E-state index contributed by atoms with van der Waals surface area (Å²) in [6, 6.07) is 8.16. The topological polar surface area (TPSA) is 29.9 Å². The SMILES string of the molecule is Cc1nn(C)c(CN[C@H](C)c2cccc(Cl)c2)c1Br. The highest BCUT2D eigenvalue weighted by molar-refractivity contribution is 9.10. The van der Waals surface area contributed by atoms with E-state index in [1.54, 1.807) is 0 Å². The second-order valence-corrected chi connectivity index (χ2v) is 5.86. The Morgan fingerprint density at radius 1 is 1.47 bits per heavy atom. The van der Waals surface area contributed by atoms with E-state index in [-0.39, 0.29) is 6.04 Å². The lowest BCUT2D eigenvalue weighted by Gasteiger charge is -2.15. The Hall–Kier alpha value is -0.840. The zero-order chi connectivity index (χ0) is 14.0. The van der Waals surface area contributed by atoms with Crippen LogP contribution >= 0.6 is 27.5 Å². The molecule has 19 heavy (non-hydrogen) atoms. The molecule has 0 aliphatic rings. The van der Waals surface area contributed by atoms with Crippen LogP contribution in [-0.4, -0.2) is 9.78 Å². The first-order valence-corrected chi connectivity index (χ1v) is 7.33. The highest BCUT2D eigenvalue weighted by atomic mass is 79.9. The van der Waals surface area contributed by atoms with Crippen molar-refractivity contribution in [1.82, 2.24) is 15.1 Å². The van der Waals surface area contributed by atoms with Gasteiger partial charge in [0, 0.05) is 24.7 Å². The van der Waals surface area contributed by atoms with Crippen LogP contribution in [0.3, 0.4) is 0 Å². The fourth-order valence-electron chi connectivity index (χ4n) is 2.02. The number of rotatable bonds is 4. The number of nitrogens with one attached hydrogen (secondary N) is 1. The largest absolute Gasteiger partial charge is 0.305 e. The standard InChI is InChI=1S/C14H17BrClN3/c1-9(11-5-4-6-12(16)7-11)17-8-13-14(15)10(2)18-19(13)3/h4-7,9,17H,8H2,1-3H3/t9-/m1/s1. The zero-order valence-electron chi connectivity index (χ0n) is 11.2. The van der Waals surface area contributed by atoms with Gasteiger partial charge >= 0.3 is 0 Å². The highest BCUT2D eigenvalue weighted by Gasteiger charge is 2.12. The molecule has 1 atom stereocenters. The van der Waals surface area contributed by atoms with Gasteiger partial charge in [-0.1, -0.05) is 23.7 Å². The van der Waals surface area contributed by atoms with Crippen molar-refractivity contribution in [2.45, 2.75) is 26.4 Å². The number of benzene rings is 1. The number of aryl methyl sites for hydroxylation is 2. The van der Waals surface area contributed by atoms with E-state index >= 15 is 0 Å². The molecule has 102 valence electrons. The van der Waals surface area contributed by atoms with Crippen molar-refractivity contribution >= 4 is 27.5 Å². The van der Waals surface area contributed by atoms with E-state index in [1.165, 1.54) is 5.56 Å². The first kappa shape index (κ1) is 14.6. The van der Waals surface area contributed by atoms with E-state index in [0.717, 1.165) is 27.4 Å². The van der Waals surface area contributed by atoms with Crippen molar-refractivity contribution in [2.24, 2.45) is 7.05 Å². The minimum Gasteiger partial charge on any atom is -0.305 e. The normalized spacial score (nSPS) is 12.7. The predicted molar refractivity (Wildman–Crippen MR) is 82.4 cm³/mol. The molecule has 1 aromatic heterocycles. The average Bonchev–Trinajstić information content (AvgIpc) is 2.61. The van der Waals surface area contributed by atoms with Crippen molar-refractivity contribution < 1.29 is 0 Å². The Labute approximate surface area is 127 Å². The Balaban J connectivity index is 2.06. The van der Waals surface area contributed by atoms with Gasteiger partial charge in [0.15, 0.2) is 0 Å². The second-order valence-electron chi connectivity index (χ2n) is 4.63. The fraction of sp³-hybridized carbons (Fsp3) is 0.357. The molecule has 3 nitrogen and oxygen atoms in total. The molecule has 0 bridgehead atoms.